The van der Waals surface area contributed by atoms with Gasteiger partial charge in [-0.3, -0.25) is 4.68 Å². The number of aromatic nitrogens is 2. The van der Waals surface area contributed by atoms with Gasteiger partial charge in [-0.1, -0.05) is 28.1 Å². The summed E-state index contributed by atoms with van der Waals surface area (Å²) < 4.78 is 3.20. The second-order valence-corrected chi connectivity index (χ2v) is 5.64. The van der Waals surface area contributed by atoms with Crippen LogP contribution in [0.15, 0.2) is 41.1 Å². The molecule has 1 saturated heterocycles. The monoisotopic (exact) mass is 305 g/mol. The van der Waals surface area contributed by atoms with Crippen molar-refractivity contribution in [1.29, 1.82) is 0 Å². The second-order valence-electron chi connectivity index (χ2n) is 4.72. The van der Waals surface area contributed by atoms with E-state index in [9.17, 15) is 0 Å². The van der Waals surface area contributed by atoms with Gasteiger partial charge < -0.3 is 5.32 Å². The molecule has 3 nitrogen and oxygen atoms in total. The maximum absolute atomic E-state index is 4.51. The van der Waals surface area contributed by atoms with Crippen LogP contribution < -0.4 is 5.32 Å². The first-order valence-corrected chi connectivity index (χ1v) is 7.13. The molecule has 3 rings (SSSR count). The number of nitrogens with one attached hydrogen (secondary N) is 1. The lowest BCUT2D eigenvalue weighted by atomic mass is 10.1. The molecule has 0 aliphatic carbocycles. The van der Waals surface area contributed by atoms with Gasteiger partial charge in [-0.25, -0.2) is 0 Å². The first-order valence-electron chi connectivity index (χ1n) is 6.34. The molecule has 1 unspecified atom stereocenters. The number of hydrogen-bond acceptors (Lipinski definition) is 2. The summed E-state index contributed by atoms with van der Waals surface area (Å²) >= 11 is 3.51. The molecule has 18 heavy (non-hydrogen) atoms. The molecule has 0 spiro atoms. The zero-order chi connectivity index (χ0) is 12.4. The molecule has 1 aliphatic heterocycles. The summed E-state index contributed by atoms with van der Waals surface area (Å²) in [4.78, 5) is 0. The van der Waals surface area contributed by atoms with Crippen molar-refractivity contribution in [2.45, 2.75) is 18.9 Å². The molecule has 94 valence electrons. The van der Waals surface area contributed by atoms with E-state index in [1.807, 2.05) is 12.3 Å². The summed E-state index contributed by atoms with van der Waals surface area (Å²) in [6, 6.07) is 8.84. The van der Waals surface area contributed by atoms with Crippen LogP contribution in [-0.2, 0) is 0 Å². The van der Waals surface area contributed by atoms with E-state index in [0.29, 0.717) is 6.04 Å². The summed E-state index contributed by atoms with van der Waals surface area (Å²) in [5.74, 6) is 0. The first kappa shape index (κ1) is 11.9. The predicted octanol–water partition coefficient (Wildman–Crippen LogP) is 3.24. The fourth-order valence-electron chi connectivity index (χ4n) is 2.41. The molecule has 2 heterocycles. The van der Waals surface area contributed by atoms with Gasteiger partial charge in [0, 0.05) is 22.8 Å². The lowest BCUT2D eigenvalue weighted by Crippen LogP contribution is -2.31. The van der Waals surface area contributed by atoms with E-state index in [1.165, 1.54) is 24.0 Å². The molecular weight excluding hydrogens is 290 g/mol. The molecule has 0 radical (unpaired) electrons. The van der Waals surface area contributed by atoms with E-state index in [2.05, 4.69) is 55.4 Å². The van der Waals surface area contributed by atoms with Crippen LogP contribution in [0.5, 0.6) is 0 Å². The van der Waals surface area contributed by atoms with Crippen molar-refractivity contribution in [2.75, 3.05) is 13.1 Å². The second kappa shape index (κ2) is 5.24. The highest BCUT2D eigenvalue weighted by Crippen LogP contribution is 2.24. The summed E-state index contributed by atoms with van der Waals surface area (Å²) in [5.41, 5.74) is 2.39. The number of rotatable bonds is 2. The van der Waals surface area contributed by atoms with Crippen molar-refractivity contribution < 1.29 is 0 Å². The SMILES string of the molecule is Brc1cccc(-c2cnn(C3CCCNC3)c2)c1. The van der Waals surface area contributed by atoms with Gasteiger partial charge in [0.1, 0.15) is 0 Å². The normalized spacial score (nSPS) is 19.9. The molecule has 1 atom stereocenters. The molecule has 1 fully saturated rings. The number of halogens is 1. The highest BCUT2D eigenvalue weighted by molar-refractivity contribution is 9.10. The average molecular weight is 306 g/mol. The number of benzene rings is 1. The topological polar surface area (TPSA) is 29.9 Å². The molecule has 4 heteroatoms. The Morgan fingerprint density at radius 3 is 3.06 bits per heavy atom. The van der Waals surface area contributed by atoms with Gasteiger partial charge in [0.05, 0.1) is 12.2 Å². The van der Waals surface area contributed by atoms with E-state index >= 15 is 0 Å². The van der Waals surface area contributed by atoms with Crippen LogP contribution >= 0.6 is 15.9 Å². The van der Waals surface area contributed by atoms with Crippen molar-refractivity contribution >= 4 is 15.9 Å². The summed E-state index contributed by atoms with van der Waals surface area (Å²) in [7, 11) is 0. The average Bonchev–Trinajstić information content (AvgIpc) is 2.89. The molecule has 0 saturated carbocycles. The van der Waals surface area contributed by atoms with Gasteiger partial charge in [0.25, 0.3) is 0 Å². The van der Waals surface area contributed by atoms with Crippen molar-refractivity contribution in [2.24, 2.45) is 0 Å². The zero-order valence-corrected chi connectivity index (χ0v) is 11.7. The Bertz CT molecular complexity index is 529. The Kier molecular flexibility index (Phi) is 3.48. The molecule has 1 aromatic carbocycles. The van der Waals surface area contributed by atoms with Crippen molar-refractivity contribution in [3.8, 4) is 11.1 Å². The maximum atomic E-state index is 4.51. The Labute approximate surface area is 115 Å². The summed E-state index contributed by atoms with van der Waals surface area (Å²) in [6.45, 7) is 2.16. The molecule has 1 aliphatic rings. The first-order chi connectivity index (χ1) is 8.83. The molecule has 1 N–H and O–H groups in total. The van der Waals surface area contributed by atoms with Crippen LogP contribution in [0.4, 0.5) is 0 Å². The largest absolute Gasteiger partial charge is 0.315 e. The number of hydrogen-bond donors (Lipinski definition) is 1. The molecule has 0 amide bonds. The van der Waals surface area contributed by atoms with Gasteiger partial charge in [0.15, 0.2) is 0 Å². The minimum absolute atomic E-state index is 0.500. The maximum Gasteiger partial charge on any atom is 0.0644 e. The lowest BCUT2D eigenvalue weighted by molar-refractivity contribution is 0.347. The van der Waals surface area contributed by atoms with E-state index in [1.54, 1.807) is 0 Å². The third-order valence-corrected chi connectivity index (χ3v) is 3.90. The van der Waals surface area contributed by atoms with E-state index in [-0.39, 0.29) is 0 Å². The van der Waals surface area contributed by atoms with Gasteiger partial charge in [-0.15, -0.1) is 0 Å². The summed E-state index contributed by atoms with van der Waals surface area (Å²) in [6.07, 6.45) is 6.55. The standard InChI is InChI=1S/C14H16BrN3/c15-13-4-1-3-11(7-13)12-8-17-18(10-12)14-5-2-6-16-9-14/h1,3-4,7-8,10,14,16H,2,5-6,9H2. The highest BCUT2D eigenvalue weighted by atomic mass is 79.9. The van der Waals surface area contributed by atoms with E-state index < -0.39 is 0 Å². The van der Waals surface area contributed by atoms with Crippen LogP contribution in [0.3, 0.4) is 0 Å². The number of nitrogens with zero attached hydrogens (tertiary/aromatic N) is 2. The van der Waals surface area contributed by atoms with E-state index in [0.717, 1.165) is 17.6 Å². The Morgan fingerprint density at radius 1 is 1.33 bits per heavy atom. The third-order valence-electron chi connectivity index (χ3n) is 3.40. The molecule has 0 bridgehead atoms. The quantitative estimate of drug-likeness (QED) is 0.923. The van der Waals surface area contributed by atoms with Crippen molar-refractivity contribution in [3.05, 3.63) is 41.1 Å². The molecule has 1 aromatic heterocycles. The lowest BCUT2D eigenvalue weighted by Gasteiger charge is -2.22. The summed E-state index contributed by atoms with van der Waals surface area (Å²) in [5, 5.41) is 7.93. The van der Waals surface area contributed by atoms with Crippen molar-refractivity contribution in [3.63, 3.8) is 0 Å². The fraction of sp³-hybridized carbons (Fsp3) is 0.357. The predicted molar refractivity (Wildman–Crippen MR) is 76.5 cm³/mol. The van der Waals surface area contributed by atoms with Crippen LogP contribution in [0, 0.1) is 0 Å². The van der Waals surface area contributed by atoms with Gasteiger partial charge in [-0.05, 0) is 37.1 Å². The molecular formula is C14H16BrN3. The van der Waals surface area contributed by atoms with Crippen molar-refractivity contribution in [1.82, 2.24) is 15.1 Å². The van der Waals surface area contributed by atoms with Crippen LogP contribution in [-0.4, -0.2) is 22.9 Å². The fourth-order valence-corrected chi connectivity index (χ4v) is 2.81. The minimum atomic E-state index is 0.500. The highest BCUT2D eigenvalue weighted by Gasteiger charge is 2.15. The van der Waals surface area contributed by atoms with Gasteiger partial charge in [-0.2, -0.15) is 5.10 Å². The Morgan fingerprint density at radius 2 is 2.28 bits per heavy atom. The van der Waals surface area contributed by atoms with Gasteiger partial charge >= 0.3 is 0 Å². The minimum Gasteiger partial charge on any atom is -0.315 e. The van der Waals surface area contributed by atoms with Crippen LogP contribution in [0.25, 0.3) is 11.1 Å². The smallest absolute Gasteiger partial charge is 0.0644 e. The van der Waals surface area contributed by atoms with Gasteiger partial charge in [0.2, 0.25) is 0 Å². The Hall–Kier alpha value is -1.13. The zero-order valence-electron chi connectivity index (χ0n) is 10.1. The van der Waals surface area contributed by atoms with Crippen LogP contribution in [0.2, 0.25) is 0 Å². The molecule has 2 aromatic rings. The Balaban J connectivity index is 1.84. The van der Waals surface area contributed by atoms with Crippen LogP contribution in [0.1, 0.15) is 18.9 Å². The number of piperidine rings is 1. The third kappa shape index (κ3) is 2.49. The van der Waals surface area contributed by atoms with E-state index in [4.69, 9.17) is 0 Å².